The van der Waals surface area contributed by atoms with Gasteiger partial charge >= 0.3 is 0 Å². The van der Waals surface area contributed by atoms with Gasteiger partial charge in [-0.25, -0.2) is 0 Å². The second-order valence-electron chi connectivity index (χ2n) is 4.63. The Kier molecular flexibility index (Phi) is 7.71. The van der Waals surface area contributed by atoms with E-state index in [1.54, 1.807) is 12.1 Å². The number of benzene rings is 1. The highest BCUT2D eigenvalue weighted by molar-refractivity contribution is 5.94. The minimum Gasteiger partial charge on any atom is -0.494 e. The Bertz CT molecular complexity index is 360. The molecule has 1 aromatic rings. The second kappa shape index (κ2) is 9.42. The molecular weight excluding hydrogens is 238 g/mol. The Morgan fingerprint density at radius 1 is 1.05 bits per heavy atom. The maximum atomic E-state index is 11.9. The fourth-order valence-electron chi connectivity index (χ4n) is 1.90. The van der Waals surface area contributed by atoms with Crippen molar-refractivity contribution in [3.05, 3.63) is 29.8 Å². The summed E-state index contributed by atoms with van der Waals surface area (Å²) in [6.07, 6.45) is 6.04. The number of carbonyl (C=O) groups is 1. The van der Waals surface area contributed by atoms with Crippen molar-refractivity contribution >= 4 is 5.91 Å². The van der Waals surface area contributed by atoms with Crippen molar-refractivity contribution in [2.75, 3.05) is 13.2 Å². The second-order valence-corrected chi connectivity index (χ2v) is 4.63. The van der Waals surface area contributed by atoms with Gasteiger partial charge in [-0.15, -0.1) is 0 Å². The lowest BCUT2D eigenvalue weighted by atomic mass is 10.1. The molecular formula is C16H25NO2. The Labute approximate surface area is 116 Å². The number of unbranched alkanes of at least 4 members (excludes halogenated alkanes) is 4. The number of nitrogens with one attached hydrogen (secondary N) is 1. The van der Waals surface area contributed by atoms with Crippen LogP contribution in [0.1, 0.15) is 56.3 Å². The third kappa shape index (κ3) is 6.27. The molecule has 3 nitrogen and oxygen atoms in total. The van der Waals surface area contributed by atoms with Crippen molar-refractivity contribution < 1.29 is 9.53 Å². The molecule has 1 aromatic carbocycles. The largest absolute Gasteiger partial charge is 0.494 e. The zero-order valence-corrected chi connectivity index (χ0v) is 12.1. The van der Waals surface area contributed by atoms with Gasteiger partial charge in [0.25, 0.3) is 5.91 Å². The Morgan fingerprint density at radius 2 is 1.74 bits per heavy atom. The van der Waals surface area contributed by atoms with Gasteiger partial charge in [0.05, 0.1) is 6.61 Å². The number of ether oxygens (including phenoxy) is 1. The van der Waals surface area contributed by atoms with E-state index < -0.39 is 0 Å². The lowest BCUT2D eigenvalue weighted by molar-refractivity contribution is 0.0953. The van der Waals surface area contributed by atoms with Crippen molar-refractivity contribution in [1.82, 2.24) is 5.32 Å². The van der Waals surface area contributed by atoms with Gasteiger partial charge < -0.3 is 10.1 Å². The fraction of sp³-hybridized carbons (Fsp3) is 0.562. The fourth-order valence-corrected chi connectivity index (χ4v) is 1.90. The van der Waals surface area contributed by atoms with E-state index in [1.807, 2.05) is 19.1 Å². The summed E-state index contributed by atoms with van der Waals surface area (Å²) in [5, 5.41) is 2.95. The quantitative estimate of drug-likeness (QED) is 0.688. The monoisotopic (exact) mass is 263 g/mol. The SMILES string of the molecule is CCCCCCCNC(=O)c1ccc(OCC)cc1. The van der Waals surface area contributed by atoms with Crippen molar-refractivity contribution in [2.24, 2.45) is 0 Å². The molecule has 0 heterocycles. The standard InChI is InChI=1S/C16H25NO2/c1-3-5-6-7-8-13-17-16(18)14-9-11-15(12-10-14)19-4-2/h9-12H,3-8,13H2,1-2H3,(H,17,18). The van der Waals surface area contributed by atoms with Crippen LogP contribution >= 0.6 is 0 Å². The predicted molar refractivity (Wildman–Crippen MR) is 78.7 cm³/mol. The molecule has 1 amide bonds. The van der Waals surface area contributed by atoms with Crippen LogP contribution in [0.5, 0.6) is 5.75 Å². The van der Waals surface area contributed by atoms with Crippen LogP contribution in [0.15, 0.2) is 24.3 Å². The van der Waals surface area contributed by atoms with Crippen LogP contribution in [0.2, 0.25) is 0 Å². The van der Waals surface area contributed by atoms with E-state index in [2.05, 4.69) is 12.2 Å². The van der Waals surface area contributed by atoms with Crippen molar-refractivity contribution in [2.45, 2.75) is 46.0 Å². The van der Waals surface area contributed by atoms with Gasteiger partial charge in [-0.3, -0.25) is 4.79 Å². The Morgan fingerprint density at radius 3 is 2.37 bits per heavy atom. The molecule has 1 rings (SSSR count). The van der Waals surface area contributed by atoms with E-state index in [-0.39, 0.29) is 5.91 Å². The Hall–Kier alpha value is -1.51. The first-order valence-electron chi connectivity index (χ1n) is 7.29. The first kappa shape index (κ1) is 15.5. The number of amides is 1. The number of hydrogen-bond acceptors (Lipinski definition) is 2. The molecule has 3 heteroatoms. The molecule has 0 aliphatic rings. The summed E-state index contributed by atoms with van der Waals surface area (Å²) in [5.74, 6) is 0.803. The van der Waals surface area contributed by atoms with Crippen LogP contribution < -0.4 is 10.1 Å². The third-order valence-electron chi connectivity index (χ3n) is 2.99. The smallest absolute Gasteiger partial charge is 0.251 e. The lowest BCUT2D eigenvalue weighted by Gasteiger charge is -2.06. The molecule has 19 heavy (non-hydrogen) atoms. The van der Waals surface area contributed by atoms with Gasteiger partial charge in [-0.1, -0.05) is 32.6 Å². The minimum atomic E-state index is -0.00135. The molecule has 0 spiro atoms. The summed E-state index contributed by atoms with van der Waals surface area (Å²) in [4.78, 5) is 11.9. The van der Waals surface area contributed by atoms with E-state index in [9.17, 15) is 4.79 Å². The molecule has 0 unspecified atom stereocenters. The molecule has 0 aromatic heterocycles. The van der Waals surface area contributed by atoms with Gasteiger partial charge in [0, 0.05) is 12.1 Å². The van der Waals surface area contributed by atoms with Crippen LogP contribution in [0.25, 0.3) is 0 Å². The Balaban J connectivity index is 2.25. The van der Waals surface area contributed by atoms with Crippen molar-refractivity contribution in [3.63, 3.8) is 0 Å². The van der Waals surface area contributed by atoms with Crippen LogP contribution in [0.4, 0.5) is 0 Å². The highest BCUT2D eigenvalue weighted by Crippen LogP contribution is 2.12. The summed E-state index contributed by atoms with van der Waals surface area (Å²) < 4.78 is 5.34. The van der Waals surface area contributed by atoms with E-state index in [1.165, 1.54) is 25.7 Å². The molecule has 0 radical (unpaired) electrons. The van der Waals surface area contributed by atoms with E-state index in [0.29, 0.717) is 12.2 Å². The summed E-state index contributed by atoms with van der Waals surface area (Å²) in [6.45, 7) is 5.55. The van der Waals surface area contributed by atoms with E-state index >= 15 is 0 Å². The minimum absolute atomic E-state index is 0.00135. The van der Waals surface area contributed by atoms with Gasteiger partial charge in [0.15, 0.2) is 0 Å². The van der Waals surface area contributed by atoms with Gasteiger partial charge in [0.1, 0.15) is 5.75 Å². The number of rotatable bonds is 9. The zero-order valence-electron chi connectivity index (χ0n) is 12.1. The molecule has 106 valence electrons. The third-order valence-corrected chi connectivity index (χ3v) is 2.99. The average Bonchev–Trinajstić information content (AvgIpc) is 2.43. The average molecular weight is 263 g/mol. The maximum absolute atomic E-state index is 11.9. The molecule has 1 N–H and O–H groups in total. The normalized spacial score (nSPS) is 10.2. The van der Waals surface area contributed by atoms with Crippen molar-refractivity contribution in [1.29, 1.82) is 0 Å². The zero-order chi connectivity index (χ0) is 13.9. The molecule has 0 bridgehead atoms. The highest BCUT2D eigenvalue weighted by atomic mass is 16.5. The molecule has 0 aliphatic heterocycles. The molecule has 0 atom stereocenters. The van der Waals surface area contributed by atoms with E-state index in [0.717, 1.165) is 18.7 Å². The summed E-state index contributed by atoms with van der Waals surface area (Å²) in [7, 11) is 0. The molecule has 0 saturated carbocycles. The van der Waals surface area contributed by atoms with Crippen LogP contribution in [0.3, 0.4) is 0 Å². The van der Waals surface area contributed by atoms with Crippen LogP contribution in [0, 0.1) is 0 Å². The van der Waals surface area contributed by atoms with Gasteiger partial charge in [-0.05, 0) is 37.6 Å². The molecule has 0 fully saturated rings. The summed E-state index contributed by atoms with van der Waals surface area (Å²) in [5.41, 5.74) is 0.692. The molecule has 0 saturated heterocycles. The first-order chi connectivity index (χ1) is 9.27. The summed E-state index contributed by atoms with van der Waals surface area (Å²) >= 11 is 0. The van der Waals surface area contributed by atoms with Gasteiger partial charge in [0.2, 0.25) is 0 Å². The lowest BCUT2D eigenvalue weighted by Crippen LogP contribution is -2.24. The molecule has 0 aliphatic carbocycles. The predicted octanol–water partition coefficient (Wildman–Crippen LogP) is 3.79. The highest BCUT2D eigenvalue weighted by Gasteiger charge is 2.04. The topological polar surface area (TPSA) is 38.3 Å². The number of carbonyl (C=O) groups excluding carboxylic acids is 1. The van der Waals surface area contributed by atoms with E-state index in [4.69, 9.17) is 4.74 Å². The van der Waals surface area contributed by atoms with Crippen LogP contribution in [-0.4, -0.2) is 19.1 Å². The summed E-state index contributed by atoms with van der Waals surface area (Å²) in [6, 6.07) is 7.27. The maximum Gasteiger partial charge on any atom is 0.251 e. The van der Waals surface area contributed by atoms with Crippen LogP contribution in [-0.2, 0) is 0 Å². The van der Waals surface area contributed by atoms with Gasteiger partial charge in [-0.2, -0.15) is 0 Å². The first-order valence-corrected chi connectivity index (χ1v) is 7.29. The van der Waals surface area contributed by atoms with Crippen molar-refractivity contribution in [3.8, 4) is 5.75 Å². The number of hydrogen-bond donors (Lipinski definition) is 1.